The van der Waals surface area contributed by atoms with E-state index in [1.807, 2.05) is 13.8 Å². The fourth-order valence-electron chi connectivity index (χ4n) is 2.51. The van der Waals surface area contributed by atoms with Crippen molar-refractivity contribution >= 4 is 5.65 Å². The Morgan fingerprint density at radius 1 is 0.960 bits per heavy atom. The van der Waals surface area contributed by atoms with Crippen LogP contribution in [0.1, 0.15) is 19.4 Å². The third-order valence-corrected chi connectivity index (χ3v) is 3.62. The molecule has 0 unspecified atom stereocenters. The van der Waals surface area contributed by atoms with Crippen molar-refractivity contribution in [3.05, 3.63) is 48.3 Å². The zero-order chi connectivity index (χ0) is 18.0. The molecule has 2 heterocycles. The lowest BCUT2D eigenvalue weighted by Crippen LogP contribution is -2.05. The SMILES string of the molecule is CCOc1ccc(-c2cn3cc(C(F)(F)F)ccc3n2)cc1OCC. The number of benzene rings is 1. The van der Waals surface area contributed by atoms with Crippen LogP contribution in [0.5, 0.6) is 11.5 Å². The lowest BCUT2D eigenvalue weighted by molar-refractivity contribution is -0.137. The first-order valence-corrected chi connectivity index (χ1v) is 7.88. The van der Waals surface area contributed by atoms with E-state index in [0.717, 1.165) is 17.8 Å². The first kappa shape index (κ1) is 17.1. The summed E-state index contributed by atoms with van der Waals surface area (Å²) >= 11 is 0. The van der Waals surface area contributed by atoms with E-state index in [1.54, 1.807) is 24.4 Å². The third-order valence-electron chi connectivity index (χ3n) is 3.62. The smallest absolute Gasteiger partial charge is 0.417 e. The molecule has 0 aliphatic heterocycles. The zero-order valence-electron chi connectivity index (χ0n) is 13.8. The summed E-state index contributed by atoms with van der Waals surface area (Å²) in [5.41, 5.74) is 1.02. The van der Waals surface area contributed by atoms with Crippen molar-refractivity contribution in [2.24, 2.45) is 0 Å². The van der Waals surface area contributed by atoms with Gasteiger partial charge in [-0.25, -0.2) is 4.98 Å². The molecule has 0 radical (unpaired) electrons. The van der Waals surface area contributed by atoms with Crippen molar-refractivity contribution < 1.29 is 22.6 Å². The van der Waals surface area contributed by atoms with Gasteiger partial charge < -0.3 is 13.9 Å². The molecule has 0 saturated heterocycles. The average Bonchev–Trinajstić information content (AvgIpc) is 2.99. The van der Waals surface area contributed by atoms with E-state index < -0.39 is 11.7 Å². The van der Waals surface area contributed by atoms with Crippen LogP contribution in [-0.2, 0) is 6.18 Å². The second kappa shape index (κ2) is 6.66. The molecule has 3 aromatic rings. The number of aromatic nitrogens is 2. The van der Waals surface area contributed by atoms with Crippen LogP contribution in [0.4, 0.5) is 13.2 Å². The molecule has 1 aromatic carbocycles. The van der Waals surface area contributed by atoms with Crippen LogP contribution >= 0.6 is 0 Å². The van der Waals surface area contributed by atoms with Crippen LogP contribution in [-0.4, -0.2) is 22.6 Å². The minimum Gasteiger partial charge on any atom is -0.490 e. The minimum absolute atomic E-state index is 0.440. The summed E-state index contributed by atoms with van der Waals surface area (Å²) in [4.78, 5) is 4.38. The molecule has 0 fully saturated rings. The van der Waals surface area contributed by atoms with Crippen LogP contribution in [0.3, 0.4) is 0 Å². The molecule has 0 aliphatic rings. The van der Waals surface area contributed by atoms with Crippen LogP contribution in [0, 0.1) is 0 Å². The van der Waals surface area contributed by atoms with Gasteiger partial charge in [-0.3, -0.25) is 0 Å². The highest BCUT2D eigenvalue weighted by atomic mass is 19.4. The number of rotatable bonds is 5. The molecule has 7 heteroatoms. The lowest BCUT2D eigenvalue weighted by atomic mass is 10.1. The fraction of sp³-hybridized carbons (Fsp3) is 0.278. The molecule has 2 aromatic heterocycles. The first-order chi connectivity index (χ1) is 11.9. The van der Waals surface area contributed by atoms with Crippen molar-refractivity contribution in [3.63, 3.8) is 0 Å². The van der Waals surface area contributed by atoms with Gasteiger partial charge in [0, 0.05) is 18.0 Å². The molecule has 0 amide bonds. The highest BCUT2D eigenvalue weighted by Gasteiger charge is 2.30. The molecule has 3 rings (SSSR count). The van der Waals surface area contributed by atoms with Gasteiger partial charge in [-0.1, -0.05) is 0 Å². The van der Waals surface area contributed by atoms with E-state index >= 15 is 0 Å². The van der Waals surface area contributed by atoms with Gasteiger partial charge in [-0.05, 0) is 44.2 Å². The van der Waals surface area contributed by atoms with Crippen LogP contribution in [0.25, 0.3) is 16.9 Å². The Hall–Kier alpha value is -2.70. The van der Waals surface area contributed by atoms with E-state index in [0.29, 0.717) is 36.1 Å². The number of hydrogen-bond acceptors (Lipinski definition) is 3. The predicted octanol–water partition coefficient (Wildman–Crippen LogP) is 4.82. The van der Waals surface area contributed by atoms with Gasteiger partial charge in [0.25, 0.3) is 0 Å². The Bertz CT molecular complexity index is 888. The largest absolute Gasteiger partial charge is 0.490 e. The van der Waals surface area contributed by atoms with Crippen LogP contribution in [0.2, 0.25) is 0 Å². The molecule has 0 aliphatic carbocycles. The summed E-state index contributed by atoms with van der Waals surface area (Å²) in [7, 11) is 0. The number of nitrogens with zero attached hydrogens (tertiary/aromatic N) is 2. The molecular formula is C18H17F3N2O2. The summed E-state index contributed by atoms with van der Waals surface area (Å²) in [6.45, 7) is 4.73. The number of ether oxygens (including phenoxy) is 2. The Kier molecular flexibility index (Phi) is 4.57. The summed E-state index contributed by atoms with van der Waals surface area (Å²) in [6, 6.07) is 7.73. The molecule has 0 spiro atoms. The van der Waals surface area contributed by atoms with Crippen molar-refractivity contribution in [1.29, 1.82) is 0 Å². The van der Waals surface area contributed by atoms with Crippen molar-refractivity contribution in [3.8, 4) is 22.8 Å². The predicted molar refractivity (Wildman–Crippen MR) is 88.0 cm³/mol. The van der Waals surface area contributed by atoms with E-state index in [1.165, 1.54) is 10.5 Å². The Balaban J connectivity index is 2.02. The monoisotopic (exact) mass is 350 g/mol. The molecule has 4 nitrogen and oxygen atoms in total. The molecular weight excluding hydrogens is 333 g/mol. The zero-order valence-corrected chi connectivity index (χ0v) is 13.8. The molecule has 0 saturated carbocycles. The van der Waals surface area contributed by atoms with Gasteiger partial charge in [0.1, 0.15) is 5.65 Å². The van der Waals surface area contributed by atoms with E-state index in [-0.39, 0.29) is 0 Å². The molecule has 0 bridgehead atoms. The quantitative estimate of drug-likeness (QED) is 0.662. The summed E-state index contributed by atoms with van der Waals surface area (Å²) in [5.74, 6) is 1.20. The minimum atomic E-state index is -4.39. The number of imidazole rings is 1. The number of pyridine rings is 1. The topological polar surface area (TPSA) is 35.8 Å². The van der Waals surface area contributed by atoms with E-state index in [2.05, 4.69) is 4.98 Å². The van der Waals surface area contributed by atoms with Crippen molar-refractivity contribution in [2.45, 2.75) is 20.0 Å². The van der Waals surface area contributed by atoms with E-state index in [9.17, 15) is 13.2 Å². The molecule has 0 N–H and O–H groups in total. The second-order valence-corrected chi connectivity index (χ2v) is 5.33. The normalized spacial score (nSPS) is 11.7. The van der Waals surface area contributed by atoms with Crippen molar-refractivity contribution in [1.82, 2.24) is 9.38 Å². The van der Waals surface area contributed by atoms with E-state index in [4.69, 9.17) is 9.47 Å². The fourth-order valence-corrected chi connectivity index (χ4v) is 2.51. The molecule has 132 valence electrons. The van der Waals surface area contributed by atoms with Gasteiger partial charge in [-0.15, -0.1) is 0 Å². The Morgan fingerprint density at radius 3 is 2.36 bits per heavy atom. The second-order valence-electron chi connectivity index (χ2n) is 5.33. The van der Waals surface area contributed by atoms with Gasteiger partial charge in [0.15, 0.2) is 11.5 Å². The highest BCUT2D eigenvalue weighted by molar-refractivity contribution is 5.66. The highest BCUT2D eigenvalue weighted by Crippen LogP contribution is 2.33. The number of fused-ring (bicyclic) bond motifs is 1. The maximum atomic E-state index is 12.8. The molecule has 0 atom stereocenters. The van der Waals surface area contributed by atoms with Gasteiger partial charge in [-0.2, -0.15) is 13.2 Å². The van der Waals surface area contributed by atoms with Crippen LogP contribution in [0.15, 0.2) is 42.7 Å². The van der Waals surface area contributed by atoms with Crippen LogP contribution < -0.4 is 9.47 Å². The summed E-state index contributed by atoms with van der Waals surface area (Å²) in [6.07, 6.45) is -1.79. The molecule has 25 heavy (non-hydrogen) atoms. The number of alkyl halides is 3. The van der Waals surface area contributed by atoms with Gasteiger partial charge >= 0.3 is 6.18 Å². The summed E-state index contributed by atoms with van der Waals surface area (Å²) < 4.78 is 51.0. The maximum absolute atomic E-state index is 12.8. The third kappa shape index (κ3) is 3.55. The number of hydrogen-bond donors (Lipinski definition) is 0. The van der Waals surface area contributed by atoms with Gasteiger partial charge in [0.2, 0.25) is 0 Å². The Labute approximate surface area is 142 Å². The van der Waals surface area contributed by atoms with Gasteiger partial charge in [0.05, 0.1) is 24.5 Å². The lowest BCUT2D eigenvalue weighted by Gasteiger charge is -2.11. The number of halogens is 3. The first-order valence-electron chi connectivity index (χ1n) is 7.88. The average molecular weight is 350 g/mol. The maximum Gasteiger partial charge on any atom is 0.417 e. The Morgan fingerprint density at radius 2 is 1.68 bits per heavy atom. The standard InChI is InChI=1S/C18H17F3N2O2/c1-3-24-15-7-5-12(9-16(15)25-4-2)14-11-23-10-13(18(19,20)21)6-8-17(23)22-14/h5-11H,3-4H2,1-2H3. The van der Waals surface area contributed by atoms with Crippen molar-refractivity contribution in [2.75, 3.05) is 13.2 Å². The summed E-state index contributed by atoms with van der Waals surface area (Å²) in [5, 5.41) is 0.